The molecule has 28 heavy (non-hydrogen) atoms. The summed E-state index contributed by atoms with van der Waals surface area (Å²) in [6, 6.07) is 21.9. The zero-order chi connectivity index (χ0) is 19.7. The number of nitrogens with zero attached hydrogens (tertiary/aromatic N) is 3. The highest BCUT2D eigenvalue weighted by molar-refractivity contribution is 7.20. The normalized spacial score (nSPS) is 12.1. The van der Waals surface area contributed by atoms with Crippen LogP contribution in [0, 0.1) is 0 Å². The quantitative estimate of drug-likeness (QED) is 0.540. The summed E-state index contributed by atoms with van der Waals surface area (Å²) < 4.78 is 2.09. The average molecular weight is 391 g/mol. The summed E-state index contributed by atoms with van der Waals surface area (Å²) in [4.78, 5) is 21.2. The Bertz CT molecular complexity index is 1100. The number of nitrogens with one attached hydrogen (secondary N) is 1. The van der Waals surface area contributed by atoms with Gasteiger partial charge >= 0.3 is 0 Å². The Balaban J connectivity index is 1.68. The fourth-order valence-electron chi connectivity index (χ4n) is 3.18. The van der Waals surface area contributed by atoms with Crippen molar-refractivity contribution < 1.29 is 4.79 Å². The lowest BCUT2D eigenvalue weighted by Gasteiger charge is -2.15. The van der Waals surface area contributed by atoms with Gasteiger partial charge in [-0.1, -0.05) is 48.5 Å². The first kappa shape index (κ1) is 18.3. The standard InChI is InChI=1S/C22H22N4OS/c1-15(16-10-6-4-7-11-16)23-20(27)19-14-18-21(28-19)26(22(24-18)25(2)3)17-12-8-5-9-13-17/h4-15H,1-3H3,(H,23,27)/t15-/m0/s1. The molecule has 4 rings (SSSR count). The second-order valence-electron chi connectivity index (χ2n) is 6.88. The number of aromatic nitrogens is 2. The summed E-state index contributed by atoms with van der Waals surface area (Å²) in [5.41, 5.74) is 2.94. The number of carbonyl (C=O) groups is 1. The van der Waals surface area contributed by atoms with E-state index < -0.39 is 0 Å². The van der Waals surface area contributed by atoms with Crippen LogP contribution < -0.4 is 10.2 Å². The van der Waals surface area contributed by atoms with Crippen molar-refractivity contribution in [3.63, 3.8) is 0 Å². The number of thiophene rings is 1. The van der Waals surface area contributed by atoms with Gasteiger partial charge in [0.25, 0.3) is 5.91 Å². The van der Waals surface area contributed by atoms with E-state index in [9.17, 15) is 4.79 Å². The predicted molar refractivity (Wildman–Crippen MR) is 116 cm³/mol. The van der Waals surface area contributed by atoms with Crippen molar-refractivity contribution in [2.24, 2.45) is 0 Å². The Morgan fingerprint density at radius 1 is 1.07 bits per heavy atom. The van der Waals surface area contributed by atoms with Crippen LogP contribution in [0.1, 0.15) is 28.2 Å². The molecule has 0 aliphatic heterocycles. The van der Waals surface area contributed by atoms with Crippen LogP contribution in [-0.2, 0) is 0 Å². The second kappa shape index (κ2) is 7.48. The Morgan fingerprint density at radius 2 is 1.71 bits per heavy atom. The largest absolute Gasteiger partial charge is 0.348 e. The predicted octanol–water partition coefficient (Wildman–Crippen LogP) is 4.64. The van der Waals surface area contributed by atoms with Crippen molar-refractivity contribution in [1.82, 2.24) is 14.9 Å². The lowest BCUT2D eigenvalue weighted by atomic mass is 10.1. The van der Waals surface area contributed by atoms with Gasteiger partial charge in [0, 0.05) is 19.8 Å². The minimum Gasteiger partial charge on any atom is -0.348 e. The summed E-state index contributed by atoms with van der Waals surface area (Å²) in [7, 11) is 3.95. The minimum atomic E-state index is -0.0784. The molecule has 0 aliphatic rings. The van der Waals surface area contributed by atoms with Gasteiger partial charge in [-0.2, -0.15) is 0 Å². The molecule has 0 aliphatic carbocycles. The van der Waals surface area contributed by atoms with E-state index in [2.05, 4.69) is 9.88 Å². The minimum absolute atomic E-state index is 0.0586. The van der Waals surface area contributed by atoms with E-state index in [1.807, 2.05) is 92.6 Å². The molecule has 5 nitrogen and oxygen atoms in total. The Hall–Kier alpha value is -3.12. The summed E-state index contributed by atoms with van der Waals surface area (Å²) in [5, 5.41) is 3.08. The Labute approximate surface area is 168 Å². The maximum Gasteiger partial charge on any atom is 0.261 e. The van der Waals surface area contributed by atoms with Crippen LogP contribution in [-0.4, -0.2) is 29.6 Å². The number of amides is 1. The molecule has 2 heterocycles. The number of benzene rings is 2. The molecule has 6 heteroatoms. The van der Waals surface area contributed by atoms with Gasteiger partial charge in [-0.05, 0) is 30.7 Å². The van der Waals surface area contributed by atoms with E-state index in [4.69, 9.17) is 4.98 Å². The van der Waals surface area contributed by atoms with Crippen LogP contribution in [0.15, 0.2) is 66.7 Å². The molecule has 2 aromatic carbocycles. The van der Waals surface area contributed by atoms with Crippen LogP contribution in [0.4, 0.5) is 5.95 Å². The molecule has 1 N–H and O–H groups in total. The zero-order valence-electron chi connectivity index (χ0n) is 16.1. The highest BCUT2D eigenvalue weighted by Gasteiger charge is 2.20. The molecule has 0 bridgehead atoms. The van der Waals surface area contributed by atoms with E-state index in [1.54, 1.807) is 0 Å². The molecule has 0 unspecified atom stereocenters. The van der Waals surface area contributed by atoms with Crippen LogP contribution in [0.25, 0.3) is 16.0 Å². The molecule has 4 aromatic rings. The second-order valence-corrected chi connectivity index (χ2v) is 7.91. The molecular weight excluding hydrogens is 368 g/mol. The molecule has 0 spiro atoms. The smallest absolute Gasteiger partial charge is 0.261 e. The SMILES string of the molecule is C[C@H](NC(=O)c1cc2nc(N(C)C)n(-c3ccccc3)c2s1)c1ccccc1. The van der Waals surface area contributed by atoms with Crippen molar-refractivity contribution in [2.75, 3.05) is 19.0 Å². The van der Waals surface area contributed by atoms with Gasteiger partial charge in [0.2, 0.25) is 5.95 Å². The van der Waals surface area contributed by atoms with Crippen LogP contribution >= 0.6 is 11.3 Å². The number of imidazole rings is 1. The van der Waals surface area contributed by atoms with Crippen molar-refractivity contribution in [1.29, 1.82) is 0 Å². The number of rotatable bonds is 5. The molecule has 2 aromatic heterocycles. The first-order valence-electron chi connectivity index (χ1n) is 9.15. The number of anilines is 1. The van der Waals surface area contributed by atoms with E-state index in [0.717, 1.165) is 27.5 Å². The number of carbonyl (C=O) groups excluding carboxylic acids is 1. The molecular formula is C22H22N4OS. The molecule has 0 fully saturated rings. The van der Waals surface area contributed by atoms with Crippen molar-refractivity contribution in [3.8, 4) is 5.69 Å². The lowest BCUT2D eigenvalue weighted by Crippen LogP contribution is -2.25. The molecule has 0 saturated carbocycles. The fraction of sp³-hybridized carbons (Fsp3) is 0.182. The Morgan fingerprint density at radius 3 is 2.36 bits per heavy atom. The first-order chi connectivity index (χ1) is 13.5. The lowest BCUT2D eigenvalue weighted by molar-refractivity contribution is 0.0944. The molecule has 0 radical (unpaired) electrons. The third-order valence-electron chi connectivity index (χ3n) is 4.60. The summed E-state index contributed by atoms with van der Waals surface area (Å²) in [6.45, 7) is 1.99. The van der Waals surface area contributed by atoms with Crippen molar-refractivity contribution in [3.05, 3.63) is 77.2 Å². The van der Waals surface area contributed by atoms with Gasteiger partial charge in [-0.15, -0.1) is 11.3 Å². The third kappa shape index (κ3) is 3.39. The van der Waals surface area contributed by atoms with Gasteiger partial charge in [0.1, 0.15) is 10.3 Å². The topological polar surface area (TPSA) is 50.2 Å². The monoisotopic (exact) mass is 390 g/mol. The summed E-state index contributed by atoms with van der Waals surface area (Å²) in [5.74, 6) is 0.766. The Kier molecular flexibility index (Phi) is 4.88. The summed E-state index contributed by atoms with van der Waals surface area (Å²) >= 11 is 1.46. The number of hydrogen-bond donors (Lipinski definition) is 1. The van der Waals surface area contributed by atoms with Crippen LogP contribution in [0.2, 0.25) is 0 Å². The van der Waals surface area contributed by atoms with Crippen LogP contribution in [0.3, 0.4) is 0 Å². The van der Waals surface area contributed by atoms with Gasteiger partial charge in [0.05, 0.1) is 10.9 Å². The molecule has 1 amide bonds. The first-order valence-corrected chi connectivity index (χ1v) is 9.97. The van der Waals surface area contributed by atoms with Gasteiger partial charge < -0.3 is 10.2 Å². The van der Waals surface area contributed by atoms with E-state index in [-0.39, 0.29) is 11.9 Å². The number of hydrogen-bond acceptors (Lipinski definition) is 4. The van der Waals surface area contributed by atoms with E-state index in [1.165, 1.54) is 11.3 Å². The highest BCUT2D eigenvalue weighted by atomic mass is 32.1. The number of fused-ring (bicyclic) bond motifs is 1. The molecule has 142 valence electrons. The maximum atomic E-state index is 12.8. The fourth-order valence-corrected chi connectivity index (χ4v) is 4.19. The molecule has 0 saturated heterocycles. The summed E-state index contributed by atoms with van der Waals surface area (Å²) in [6.07, 6.45) is 0. The van der Waals surface area contributed by atoms with E-state index >= 15 is 0 Å². The number of para-hydroxylation sites is 1. The highest BCUT2D eigenvalue weighted by Crippen LogP contribution is 2.32. The zero-order valence-corrected chi connectivity index (χ0v) is 16.9. The van der Waals surface area contributed by atoms with Crippen molar-refractivity contribution >= 4 is 33.5 Å². The third-order valence-corrected chi connectivity index (χ3v) is 5.71. The van der Waals surface area contributed by atoms with Crippen LogP contribution in [0.5, 0.6) is 0 Å². The van der Waals surface area contributed by atoms with Gasteiger partial charge in [0.15, 0.2) is 0 Å². The van der Waals surface area contributed by atoms with Gasteiger partial charge in [-0.3, -0.25) is 9.36 Å². The van der Waals surface area contributed by atoms with E-state index in [0.29, 0.717) is 4.88 Å². The average Bonchev–Trinajstić information content (AvgIpc) is 3.27. The van der Waals surface area contributed by atoms with Crippen molar-refractivity contribution in [2.45, 2.75) is 13.0 Å². The maximum absolute atomic E-state index is 12.8. The van der Waals surface area contributed by atoms with Gasteiger partial charge in [-0.25, -0.2) is 4.98 Å². The molecule has 1 atom stereocenters.